The zero-order valence-corrected chi connectivity index (χ0v) is 13.4. The van der Waals surface area contributed by atoms with Crippen molar-refractivity contribution < 1.29 is 4.74 Å². The Balaban J connectivity index is 2.11. The highest BCUT2D eigenvalue weighted by Crippen LogP contribution is 2.24. The van der Waals surface area contributed by atoms with Crippen LogP contribution >= 0.6 is 15.9 Å². The van der Waals surface area contributed by atoms with Crippen molar-refractivity contribution in [1.82, 2.24) is 0 Å². The van der Waals surface area contributed by atoms with E-state index in [-0.39, 0.29) is 6.10 Å². The lowest BCUT2D eigenvalue weighted by Crippen LogP contribution is -2.18. The molecule has 0 aliphatic heterocycles. The highest BCUT2D eigenvalue weighted by Gasteiger charge is 2.11. The Bertz CT molecular complexity index is 534. The first-order chi connectivity index (χ1) is 9.60. The molecule has 20 heavy (non-hydrogen) atoms. The zero-order valence-electron chi connectivity index (χ0n) is 11.8. The third kappa shape index (κ3) is 3.84. The molecule has 0 saturated heterocycles. The Kier molecular flexibility index (Phi) is 5.21. The van der Waals surface area contributed by atoms with E-state index in [4.69, 9.17) is 10.5 Å². The summed E-state index contributed by atoms with van der Waals surface area (Å²) < 4.78 is 7.04. The van der Waals surface area contributed by atoms with Crippen molar-refractivity contribution in [2.45, 2.75) is 25.9 Å². The number of benzene rings is 2. The Labute approximate surface area is 129 Å². The normalized spacial score (nSPS) is 12.4. The van der Waals surface area contributed by atoms with Crippen LogP contribution < -0.4 is 10.5 Å². The molecule has 1 atom stereocenters. The molecule has 2 aromatic carbocycles. The standard InChI is InChI=1S/C17H20BrNO/c1-12(2)13-5-9-16(10-6-13)20-17(11-19)14-3-7-15(18)8-4-14/h3-10,12,17H,11,19H2,1-2H3. The molecule has 0 heterocycles. The average molecular weight is 334 g/mol. The third-order valence-corrected chi connectivity index (χ3v) is 3.81. The minimum atomic E-state index is -0.118. The highest BCUT2D eigenvalue weighted by atomic mass is 79.9. The second kappa shape index (κ2) is 6.91. The molecular formula is C17H20BrNO. The van der Waals surface area contributed by atoms with Crippen LogP contribution in [0, 0.1) is 0 Å². The summed E-state index contributed by atoms with van der Waals surface area (Å²) in [5, 5.41) is 0. The van der Waals surface area contributed by atoms with Gasteiger partial charge in [0.2, 0.25) is 0 Å². The van der Waals surface area contributed by atoms with Crippen molar-refractivity contribution in [3.63, 3.8) is 0 Å². The fourth-order valence-corrected chi connectivity index (χ4v) is 2.29. The maximum Gasteiger partial charge on any atom is 0.136 e. The van der Waals surface area contributed by atoms with Crippen LogP contribution in [0.1, 0.15) is 37.0 Å². The first-order valence-corrected chi connectivity index (χ1v) is 7.61. The molecule has 2 nitrogen and oxygen atoms in total. The average Bonchev–Trinajstić information content (AvgIpc) is 2.46. The fraction of sp³-hybridized carbons (Fsp3) is 0.294. The summed E-state index contributed by atoms with van der Waals surface area (Å²) in [6.45, 7) is 4.81. The smallest absolute Gasteiger partial charge is 0.136 e. The Morgan fingerprint density at radius 3 is 2.00 bits per heavy atom. The summed E-state index contributed by atoms with van der Waals surface area (Å²) in [5.41, 5.74) is 8.23. The van der Waals surface area contributed by atoms with Crippen molar-refractivity contribution in [2.24, 2.45) is 5.73 Å². The van der Waals surface area contributed by atoms with Gasteiger partial charge in [-0.3, -0.25) is 0 Å². The molecular weight excluding hydrogens is 314 g/mol. The van der Waals surface area contributed by atoms with Gasteiger partial charge in [-0.05, 0) is 41.3 Å². The van der Waals surface area contributed by atoms with Crippen molar-refractivity contribution in [2.75, 3.05) is 6.54 Å². The van der Waals surface area contributed by atoms with Crippen molar-refractivity contribution in [3.05, 3.63) is 64.1 Å². The molecule has 0 amide bonds. The first-order valence-electron chi connectivity index (χ1n) is 6.82. The lowest BCUT2D eigenvalue weighted by atomic mass is 10.0. The number of hydrogen-bond donors (Lipinski definition) is 1. The van der Waals surface area contributed by atoms with Crippen LogP contribution in [0.15, 0.2) is 53.0 Å². The van der Waals surface area contributed by atoms with E-state index in [2.05, 4.69) is 41.9 Å². The van der Waals surface area contributed by atoms with E-state index >= 15 is 0 Å². The largest absolute Gasteiger partial charge is 0.484 e. The fourth-order valence-electron chi connectivity index (χ4n) is 2.03. The monoisotopic (exact) mass is 333 g/mol. The molecule has 1 unspecified atom stereocenters. The summed E-state index contributed by atoms with van der Waals surface area (Å²) in [4.78, 5) is 0. The number of ether oxygens (including phenoxy) is 1. The van der Waals surface area contributed by atoms with Crippen LogP contribution in [0.3, 0.4) is 0 Å². The predicted octanol–water partition coefficient (Wildman–Crippen LogP) is 4.65. The van der Waals surface area contributed by atoms with Crippen LogP contribution in [-0.2, 0) is 0 Å². The number of halogens is 1. The Hall–Kier alpha value is -1.32. The van der Waals surface area contributed by atoms with Gasteiger partial charge in [0.25, 0.3) is 0 Å². The number of rotatable bonds is 5. The molecule has 2 rings (SSSR count). The summed E-state index contributed by atoms with van der Waals surface area (Å²) in [6.07, 6.45) is -0.118. The molecule has 3 heteroatoms. The van der Waals surface area contributed by atoms with Crippen LogP contribution in [0.5, 0.6) is 5.75 Å². The predicted molar refractivity (Wildman–Crippen MR) is 87.1 cm³/mol. The SMILES string of the molecule is CC(C)c1ccc(OC(CN)c2ccc(Br)cc2)cc1. The molecule has 0 aliphatic carbocycles. The lowest BCUT2D eigenvalue weighted by Gasteiger charge is -2.18. The summed E-state index contributed by atoms with van der Waals surface area (Å²) >= 11 is 3.43. The summed E-state index contributed by atoms with van der Waals surface area (Å²) in [5.74, 6) is 1.38. The maximum atomic E-state index is 5.98. The quantitative estimate of drug-likeness (QED) is 0.864. The van der Waals surface area contributed by atoms with E-state index < -0.39 is 0 Å². The van der Waals surface area contributed by atoms with Crippen LogP contribution in [0.2, 0.25) is 0 Å². The summed E-state index contributed by atoms with van der Waals surface area (Å²) in [6, 6.07) is 16.3. The van der Waals surface area contributed by atoms with Crippen molar-refractivity contribution in [3.8, 4) is 5.75 Å². The number of hydrogen-bond acceptors (Lipinski definition) is 2. The van der Waals surface area contributed by atoms with Gasteiger partial charge in [0.1, 0.15) is 11.9 Å². The minimum absolute atomic E-state index is 0.118. The highest BCUT2D eigenvalue weighted by molar-refractivity contribution is 9.10. The number of nitrogens with two attached hydrogens (primary N) is 1. The molecule has 106 valence electrons. The van der Waals surface area contributed by atoms with Crippen LogP contribution in [-0.4, -0.2) is 6.54 Å². The molecule has 0 aromatic heterocycles. The van der Waals surface area contributed by atoms with E-state index in [0.717, 1.165) is 15.8 Å². The second-order valence-electron chi connectivity index (χ2n) is 5.12. The molecule has 0 aliphatic rings. The van der Waals surface area contributed by atoms with Gasteiger partial charge in [-0.2, -0.15) is 0 Å². The topological polar surface area (TPSA) is 35.2 Å². The minimum Gasteiger partial charge on any atom is -0.484 e. The van der Waals surface area contributed by atoms with Gasteiger partial charge in [-0.25, -0.2) is 0 Å². The van der Waals surface area contributed by atoms with Crippen LogP contribution in [0.4, 0.5) is 0 Å². The van der Waals surface area contributed by atoms with Gasteiger partial charge >= 0.3 is 0 Å². The molecule has 0 fully saturated rings. The van der Waals surface area contributed by atoms with E-state index in [9.17, 15) is 0 Å². The second-order valence-corrected chi connectivity index (χ2v) is 6.03. The van der Waals surface area contributed by atoms with Crippen molar-refractivity contribution in [1.29, 1.82) is 0 Å². The van der Waals surface area contributed by atoms with Crippen LogP contribution in [0.25, 0.3) is 0 Å². The molecule has 0 radical (unpaired) electrons. The first kappa shape index (κ1) is 15.1. The van der Waals surface area contributed by atoms with Gasteiger partial charge in [0.05, 0.1) is 0 Å². The maximum absolute atomic E-state index is 5.98. The Morgan fingerprint density at radius 2 is 1.50 bits per heavy atom. The van der Waals surface area contributed by atoms with E-state index in [1.165, 1.54) is 5.56 Å². The van der Waals surface area contributed by atoms with E-state index in [1.807, 2.05) is 36.4 Å². The third-order valence-electron chi connectivity index (χ3n) is 3.28. The summed E-state index contributed by atoms with van der Waals surface area (Å²) in [7, 11) is 0. The molecule has 0 bridgehead atoms. The van der Waals surface area contributed by atoms with Gasteiger partial charge in [-0.1, -0.05) is 54.0 Å². The molecule has 2 N–H and O–H groups in total. The van der Waals surface area contributed by atoms with E-state index in [1.54, 1.807) is 0 Å². The van der Waals surface area contributed by atoms with E-state index in [0.29, 0.717) is 12.5 Å². The van der Waals surface area contributed by atoms with Gasteiger partial charge in [-0.15, -0.1) is 0 Å². The van der Waals surface area contributed by atoms with Gasteiger partial charge < -0.3 is 10.5 Å². The zero-order chi connectivity index (χ0) is 14.5. The molecule has 0 saturated carbocycles. The van der Waals surface area contributed by atoms with Gasteiger partial charge in [0.15, 0.2) is 0 Å². The molecule has 0 spiro atoms. The lowest BCUT2D eigenvalue weighted by molar-refractivity contribution is 0.214. The van der Waals surface area contributed by atoms with Gasteiger partial charge in [0, 0.05) is 11.0 Å². The van der Waals surface area contributed by atoms with Crippen molar-refractivity contribution >= 4 is 15.9 Å². The molecule has 2 aromatic rings. The Morgan fingerprint density at radius 1 is 0.950 bits per heavy atom.